The first kappa shape index (κ1) is 12.0. The minimum Gasteiger partial charge on any atom is -0.481 e. The van der Waals surface area contributed by atoms with Crippen LogP contribution in [0.3, 0.4) is 0 Å². The number of anilines is 1. The first-order valence-electron chi connectivity index (χ1n) is 5.13. The second-order valence-corrected chi connectivity index (χ2v) is 3.90. The molecule has 1 aromatic rings. The van der Waals surface area contributed by atoms with Gasteiger partial charge in [-0.05, 0) is 0 Å². The van der Waals surface area contributed by atoms with Crippen LogP contribution >= 0.6 is 0 Å². The molecule has 1 unspecified atom stereocenters. The zero-order valence-corrected chi connectivity index (χ0v) is 9.16. The molecule has 3 N–H and O–H groups in total. The summed E-state index contributed by atoms with van der Waals surface area (Å²) in [6.45, 7) is -0.00146. The molecule has 1 saturated heterocycles. The second-order valence-electron chi connectivity index (χ2n) is 3.90. The zero-order chi connectivity index (χ0) is 13.3. The van der Waals surface area contributed by atoms with Crippen LogP contribution in [0.2, 0.25) is 0 Å². The Labute approximate surface area is 100 Å². The number of hydrogen-bond donors (Lipinski definition) is 3. The minimum atomic E-state index is -1.08. The van der Waals surface area contributed by atoms with Crippen molar-refractivity contribution in [3.05, 3.63) is 5.82 Å². The van der Waals surface area contributed by atoms with Crippen LogP contribution < -0.4 is 4.90 Å². The maximum absolute atomic E-state index is 11.6. The average molecular weight is 254 g/mol. The number of aliphatic carboxylic acids is 2. The van der Waals surface area contributed by atoms with Gasteiger partial charge in [-0.25, -0.2) is 0 Å². The van der Waals surface area contributed by atoms with Crippen molar-refractivity contribution in [1.82, 2.24) is 15.2 Å². The van der Waals surface area contributed by atoms with E-state index < -0.39 is 17.9 Å². The van der Waals surface area contributed by atoms with E-state index in [1.807, 2.05) is 0 Å². The molecule has 2 rings (SSSR count). The van der Waals surface area contributed by atoms with Gasteiger partial charge in [0.15, 0.2) is 0 Å². The van der Waals surface area contributed by atoms with Gasteiger partial charge in [-0.1, -0.05) is 0 Å². The van der Waals surface area contributed by atoms with E-state index in [9.17, 15) is 14.4 Å². The summed E-state index contributed by atoms with van der Waals surface area (Å²) in [5.74, 6) is -3.16. The van der Waals surface area contributed by atoms with Crippen LogP contribution in [-0.4, -0.2) is 49.8 Å². The number of carboxylic acids is 2. The molecule has 96 valence electrons. The molecule has 9 heteroatoms. The Bertz CT molecular complexity index is 511. The summed E-state index contributed by atoms with van der Waals surface area (Å²) in [6.07, 6.45) is -0.435. The first-order valence-corrected chi connectivity index (χ1v) is 5.13. The Morgan fingerprint density at radius 3 is 2.72 bits per heavy atom. The standard InChI is InChI=1S/C9H10N4O5/c14-6-1-4(8(17)18)3-13(6)9-10-5(11-12-9)2-7(15)16/h4H,1-3H2,(H,15,16)(H,17,18)(H,10,11,12). The van der Waals surface area contributed by atoms with Crippen molar-refractivity contribution < 1.29 is 24.6 Å². The first-order chi connectivity index (χ1) is 8.47. The Balaban J connectivity index is 2.12. The van der Waals surface area contributed by atoms with E-state index in [0.717, 1.165) is 4.90 Å². The van der Waals surface area contributed by atoms with Gasteiger partial charge < -0.3 is 10.2 Å². The normalized spacial score (nSPS) is 19.2. The molecule has 0 spiro atoms. The largest absolute Gasteiger partial charge is 0.481 e. The van der Waals surface area contributed by atoms with Gasteiger partial charge in [-0.3, -0.25) is 24.4 Å². The molecule has 0 aliphatic carbocycles. The third-order valence-electron chi connectivity index (χ3n) is 2.55. The van der Waals surface area contributed by atoms with E-state index in [-0.39, 0.29) is 37.1 Å². The predicted molar refractivity (Wildman–Crippen MR) is 55.8 cm³/mol. The monoisotopic (exact) mass is 254 g/mol. The van der Waals surface area contributed by atoms with E-state index in [1.54, 1.807) is 0 Å². The van der Waals surface area contributed by atoms with Crippen molar-refractivity contribution in [2.75, 3.05) is 11.4 Å². The SMILES string of the molecule is O=C(O)Cc1nc(N2CC(C(=O)O)CC2=O)n[nH]1. The van der Waals surface area contributed by atoms with Gasteiger partial charge in [0.2, 0.25) is 5.91 Å². The number of nitrogens with zero attached hydrogens (tertiary/aromatic N) is 3. The molecule has 1 atom stereocenters. The highest BCUT2D eigenvalue weighted by Crippen LogP contribution is 2.22. The fourth-order valence-electron chi connectivity index (χ4n) is 1.69. The fraction of sp³-hybridized carbons (Fsp3) is 0.444. The summed E-state index contributed by atoms with van der Waals surface area (Å²) in [7, 11) is 0. The van der Waals surface area contributed by atoms with E-state index >= 15 is 0 Å². The van der Waals surface area contributed by atoms with Crippen molar-refractivity contribution >= 4 is 23.8 Å². The summed E-state index contributed by atoms with van der Waals surface area (Å²) in [4.78, 5) is 37.8. The van der Waals surface area contributed by atoms with Gasteiger partial charge in [0.05, 0.1) is 5.92 Å². The lowest BCUT2D eigenvalue weighted by atomic mass is 10.1. The Kier molecular flexibility index (Phi) is 2.96. The number of carbonyl (C=O) groups excluding carboxylic acids is 1. The van der Waals surface area contributed by atoms with Gasteiger partial charge in [-0.15, -0.1) is 5.10 Å². The topological polar surface area (TPSA) is 136 Å². The third-order valence-corrected chi connectivity index (χ3v) is 2.55. The summed E-state index contributed by atoms with van der Waals surface area (Å²) in [5, 5.41) is 23.5. The van der Waals surface area contributed by atoms with Crippen molar-refractivity contribution in [2.45, 2.75) is 12.8 Å². The minimum absolute atomic E-state index is 0.00146. The van der Waals surface area contributed by atoms with Crippen LogP contribution in [0.4, 0.5) is 5.95 Å². The number of carboxylic acid groups (broad SMARTS) is 2. The van der Waals surface area contributed by atoms with Crippen LogP contribution in [-0.2, 0) is 20.8 Å². The van der Waals surface area contributed by atoms with Crippen LogP contribution in [0.1, 0.15) is 12.2 Å². The van der Waals surface area contributed by atoms with E-state index in [0.29, 0.717) is 0 Å². The highest BCUT2D eigenvalue weighted by molar-refractivity contribution is 5.97. The molecule has 0 aromatic carbocycles. The van der Waals surface area contributed by atoms with Gasteiger partial charge in [0.25, 0.3) is 5.95 Å². The molecule has 1 aromatic heterocycles. The van der Waals surface area contributed by atoms with Crippen LogP contribution in [0.25, 0.3) is 0 Å². The molecule has 2 heterocycles. The Morgan fingerprint density at radius 2 is 2.17 bits per heavy atom. The molecular formula is C9H10N4O5. The molecule has 1 fully saturated rings. The molecule has 0 saturated carbocycles. The molecular weight excluding hydrogens is 244 g/mol. The summed E-state index contributed by atoms with van der Waals surface area (Å²) < 4.78 is 0. The van der Waals surface area contributed by atoms with E-state index in [4.69, 9.17) is 10.2 Å². The molecule has 0 bridgehead atoms. The number of carbonyl (C=O) groups is 3. The molecule has 18 heavy (non-hydrogen) atoms. The van der Waals surface area contributed by atoms with Gasteiger partial charge in [0.1, 0.15) is 12.2 Å². The van der Waals surface area contributed by atoms with Crippen LogP contribution in [0.5, 0.6) is 0 Å². The zero-order valence-electron chi connectivity index (χ0n) is 9.16. The number of aromatic amines is 1. The number of hydrogen-bond acceptors (Lipinski definition) is 5. The second kappa shape index (κ2) is 4.43. The number of nitrogens with one attached hydrogen (secondary N) is 1. The predicted octanol–water partition coefficient (Wildman–Crippen LogP) is -1.13. The Hall–Kier alpha value is -2.45. The van der Waals surface area contributed by atoms with E-state index in [2.05, 4.69) is 15.2 Å². The van der Waals surface area contributed by atoms with Gasteiger partial charge in [0, 0.05) is 13.0 Å². The van der Waals surface area contributed by atoms with Crippen LogP contribution in [0, 0.1) is 5.92 Å². The van der Waals surface area contributed by atoms with Crippen molar-refractivity contribution in [3.8, 4) is 0 Å². The number of amides is 1. The summed E-state index contributed by atoms with van der Waals surface area (Å²) in [6, 6.07) is 0. The number of aromatic nitrogens is 3. The number of H-pyrrole nitrogens is 1. The quantitative estimate of drug-likeness (QED) is 0.618. The molecule has 1 amide bonds. The summed E-state index contributed by atoms with van der Waals surface area (Å²) in [5.41, 5.74) is 0. The van der Waals surface area contributed by atoms with Gasteiger partial charge >= 0.3 is 11.9 Å². The third kappa shape index (κ3) is 2.29. The Morgan fingerprint density at radius 1 is 1.44 bits per heavy atom. The lowest BCUT2D eigenvalue weighted by molar-refractivity contribution is -0.141. The lowest BCUT2D eigenvalue weighted by Gasteiger charge is -2.09. The smallest absolute Gasteiger partial charge is 0.311 e. The van der Waals surface area contributed by atoms with Crippen molar-refractivity contribution in [3.63, 3.8) is 0 Å². The average Bonchev–Trinajstić information content (AvgIpc) is 2.83. The van der Waals surface area contributed by atoms with Crippen molar-refractivity contribution in [1.29, 1.82) is 0 Å². The van der Waals surface area contributed by atoms with Crippen LogP contribution in [0.15, 0.2) is 0 Å². The maximum Gasteiger partial charge on any atom is 0.311 e. The lowest BCUT2D eigenvalue weighted by Crippen LogP contribution is -2.26. The highest BCUT2D eigenvalue weighted by atomic mass is 16.4. The molecule has 9 nitrogen and oxygen atoms in total. The summed E-state index contributed by atoms with van der Waals surface area (Å²) >= 11 is 0. The highest BCUT2D eigenvalue weighted by Gasteiger charge is 2.36. The number of rotatable bonds is 4. The van der Waals surface area contributed by atoms with E-state index in [1.165, 1.54) is 0 Å². The molecule has 1 aliphatic heterocycles. The fourth-order valence-corrected chi connectivity index (χ4v) is 1.69. The molecule has 0 radical (unpaired) electrons. The molecule has 1 aliphatic rings. The van der Waals surface area contributed by atoms with Crippen molar-refractivity contribution in [2.24, 2.45) is 5.92 Å². The van der Waals surface area contributed by atoms with Gasteiger partial charge in [-0.2, -0.15) is 4.98 Å². The maximum atomic E-state index is 11.6.